The maximum absolute atomic E-state index is 11.9. The van der Waals surface area contributed by atoms with Crippen molar-refractivity contribution in [1.82, 2.24) is 19.9 Å². The molecule has 0 aliphatic carbocycles. The molecular weight excluding hydrogens is 308 g/mol. The number of halogens is 1. The summed E-state index contributed by atoms with van der Waals surface area (Å²) in [5.74, 6) is 0.462. The second-order valence-corrected chi connectivity index (χ2v) is 5.90. The summed E-state index contributed by atoms with van der Waals surface area (Å²) < 4.78 is 26.9. The number of hydrogen-bond donors (Lipinski definition) is 2. The number of nitrogens with one attached hydrogen (secondary N) is 2. The average Bonchev–Trinajstić information content (AvgIpc) is 2.79. The predicted molar refractivity (Wildman–Crippen MR) is 64.6 cm³/mol. The van der Waals surface area contributed by atoms with E-state index < -0.39 is 10.0 Å². The van der Waals surface area contributed by atoms with E-state index in [4.69, 9.17) is 0 Å². The van der Waals surface area contributed by atoms with E-state index in [1.807, 2.05) is 0 Å². The van der Waals surface area contributed by atoms with Gasteiger partial charge in [0.05, 0.1) is 11.4 Å². The van der Waals surface area contributed by atoms with Gasteiger partial charge in [-0.1, -0.05) is 22.0 Å². The molecule has 2 aromatic rings. The van der Waals surface area contributed by atoms with Crippen LogP contribution in [0.4, 0.5) is 0 Å². The molecule has 2 rings (SSSR count). The normalized spacial score (nSPS) is 11.6. The van der Waals surface area contributed by atoms with Crippen molar-refractivity contribution in [2.45, 2.75) is 11.4 Å². The summed E-state index contributed by atoms with van der Waals surface area (Å²) in [6.07, 6.45) is 1.32. The standard InChI is InChI=1S/C9H9BrN4O2S/c10-7-2-1-3-8(4-7)17(15,16)13-5-9-11-6-12-14-9/h1-4,6,13H,5H2,(H,11,12,14). The summed E-state index contributed by atoms with van der Waals surface area (Å²) in [6.45, 7) is 0.0782. The molecule has 8 heteroatoms. The van der Waals surface area contributed by atoms with Crippen LogP contribution in [0.5, 0.6) is 0 Å². The van der Waals surface area contributed by atoms with E-state index in [1.54, 1.807) is 12.1 Å². The van der Waals surface area contributed by atoms with E-state index in [0.717, 1.165) is 0 Å². The van der Waals surface area contributed by atoms with Crippen molar-refractivity contribution in [3.8, 4) is 0 Å². The van der Waals surface area contributed by atoms with Crippen LogP contribution in [-0.2, 0) is 16.6 Å². The van der Waals surface area contributed by atoms with Crippen LogP contribution in [0.25, 0.3) is 0 Å². The minimum Gasteiger partial charge on any atom is -0.262 e. The lowest BCUT2D eigenvalue weighted by atomic mass is 10.4. The first-order valence-electron chi connectivity index (χ1n) is 4.67. The highest BCUT2D eigenvalue weighted by molar-refractivity contribution is 9.10. The van der Waals surface area contributed by atoms with Crippen LogP contribution in [0.15, 0.2) is 40.0 Å². The molecule has 1 aromatic heterocycles. The number of benzene rings is 1. The SMILES string of the molecule is O=S(=O)(NCc1ncn[nH]1)c1cccc(Br)c1. The van der Waals surface area contributed by atoms with E-state index in [-0.39, 0.29) is 11.4 Å². The Bertz CT molecular complexity index is 597. The van der Waals surface area contributed by atoms with Crippen LogP contribution >= 0.6 is 15.9 Å². The molecule has 17 heavy (non-hydrogen) atoms. The lowest BCUT2D eigenvalue weighted by Gasteiger charge is -2.05. The molecule has 0 fully saturated rings. The largest absolute Gasteiger partial charge is 0.262 e. The van der Waals surface area contributed by atoms with Gasteiger partial charge in [0.2, 0.25) is 10.0 Å². The molecule has 0 aliphatic rings. The van der Waals surface area contributed by atoms with Crippen LogP contribution < -0.4 is 4.72 Å². The number of hydrogen-bond acceptors (Lipinski definition) is 4. The number of sulfonamides is 1. The van der Waals surface area contributed by atoms with Gasteiger partial charge < -0.3 is 0 Å². The van der Waals surface area contributed by atoms with Crippen molar-refractivity contribution in [2.75, 3.05) is 0 Å². The lowest BCUT2D eigenvalue weighted by molar-refractivity contribution is 0.579. The van der Waals surface area contributed by atoms with Gasteiger partial charge in [-0.2, -0.15) is 5.10 Å². The first kappa shape index (κ1) is 12.2. The topological polar surface area (TPSA) is 87.7 Å². The van der Waals surface area contributed by atoms with Gasteiger partial charge >= 0.3 is 0 Å². The smallest absolute Gasteiger partial charge is 0.241 e. The Labute approximate surface area is 107 Å². The Morgan fingerprint density at radius 1 is 1.41 bits per heavy atom. The van der Waals surface area contributed by atoms with Crippen LogP contribution in [0.3, 0.4) is 0 Å². The maximum Gasteiger partial charge on any atom is 0.241 e. The Balaban J connectivity index is 2.14. The number of aromatic nitrogens is 3. The third-order valence-electron chi connectivity index (χ3n) is 2.00. The highest BCUT2D eigenvalue weighted by atomic mass is 79.9. The summed E-state index contributed by atoms with van der Waals surface area (Å²) in [4.78, 5) is 4.03. The molecule has 0 unspecified atom stereocenters. The van der Waals surface area contributed by atoms with Crippen molar-refractivity contribution < 1.29 is 8.42 Å². The maximum atomic E-state index is 11.9. The summed E-state index contributed by atoms with van der Waals surface area (Å²) in [5.41, 5.74) is 0. The second kappa shape index (κ2) is 4.94. The van der Waals surface area contributed by atoms with E-state index in [2.05, 4.69) is 35.8 Å². The quantitative estimate of drug-likeness (QED) is 0.882. The number of H-pyrrole nitrogens is 1. The van der Waals surface area contributed by atoms with Crippen molar-refractivity contribution in [1.29, 1.82) is 0 Å². The molecule has 0 radical (unpaired) electrons. The molecule has 2 N–H and O–H groups in total. The van der Waals surface area contributed by atoms with Gasteiger partial charge in [0.15, 0.2) is 0 Å². The minimum atomic E-state index is -3.53. The summed E-state index contributed by atoms with van der Waals surface area (Å²) in [6, 6.07) is 6.47. The molecule has 0 amide bonds. The molecule has 0 atom stereocenters. The second-order valence-electron chi connectivity index (χ2n) is 3.21. The highest BCUT2D eigenvalue weighted by Crippen LogP contribution is 2.15. The van der Waals surface area contributed by atoms with Crippen molar-refractivity contribution >= 4 is 26.0 Å². The van der Waals surface area contributed by atoms with Gasteiger partial charge in [0, 0.05) is 4.47 Å². The summed E-state index contributed by atoms with van der Waals surface area (Å²) in [7, 11) is -3.53. The Kier molecular flexibility index (Phi) is 3.55. The lowest BCUT2D eigenvalue weighted by Crippen LogP contribution is -2.23. The summed E-state index contributed by atoms with van der Waals surface area (Å²) in [5, 5.41) is 6.21. The zero-order valence-electron chi connectivity index (χ0n) is 8.59. The minimum absolute atomic E-state index is 0.0782. The van der Waals surface area contributed by atoms with Crippen LogP contribution in [-0.4, -0.2) is 23.6 Å². The van der Waals surface area contributed by atoms with Gasteiger partial charge in [-0.3, -0.25) is 5.10 Å². The van der Waals surface area contributed by atoms with Crippen molar-refractivity contribution in [2.24, 2.45) is 0 Å². The molecule has 0 bridgehead atoms. The molecule has 0 spiro atoms. The van der Waals surface area contributed by atoms with Gasteiger partial charge in [-0.15, -0.1) is 0 Å². The molecule has 1 aromatic carbocycles. The first-order chi connectivity index (χ1) is 8.08. The third-order valence-corrected chi connectivity index (χ3v) is 3.89. The molecule has 90 valence electrons. The van der Waals surface area contributed by atoms with Gasteiger partial charge in [-0.05, 0) is 18.2 Å². The Hall–Kier alpha value is -1.25. The number of nitrogens with zero attached hydrogens (tertiary/aromatic N) is 2. The molecule has 1 heterocycles. The van der Waals surface area contributed by atoms with Gasteiger partial charge in [-0.25, -0.2) is 18.1 Å². The fraction of sp³-hybridized carbons (Fsp3) is 0.111. The van der Waals surface area contributed by atoms with E-state index in [0.29, 0.717) is 10.3 Å². The van der Waals surface area contributed by atoms with Crippen LogP contribution in [0.1, 0.15) is 5.82 Å². The van der Waals surface area contributed by atoms with E-state index in [1.165, 1.54) is 18.5 Å². The monoisotopic (exact) mass is 316 g/mol. The molecule has 0 saturated carbocycles. The van der Waals surface area contributed by atoms with Gasteiger partial charge in [0.1, 0.15) is 12.2 Å². The van der Waals surface area contributed by atoms with Gasteiger partial charge in [0.25, 0.3) is 0 Å². The molecule has 6 nitrogen and oxygen atoms in total. The Morgan fingerprint density at radius 2 is 2.24 bits per heavy atom. The molecule has 0 saturated heterocycles. The third kappa shape index (κ3) is 3.11. The van der Waals surface area contributed by atoms with E-state index in [9.17, 15) is 8.42 Å². The zero-order valence-corrected chi connectivity index (χ0v) is 11.0. The van der Waals surface area contributed by atoms with Crippen molar-refractivity contribution in [3.63, 3.8) is 0 Å². The van der Waals surface area contributed by atoms with Crippen LogP contribution in [0, 0.1) is 0 Å². The predicted octanol–water partition coefficient (Wildman–Crippen LogP) is 1.05. The molecular formula is C9H9BrN4O2S. The highest BCUT2D eigenvalue weighted by Gasteiger charge is 2.14. The number of aromatic amines is 1. The number of rotatable bonds is 4. The fourth-order valence-corrected chi connectivity index (χ4v) is 2.78. The zero-order chi connectivity index (χ0) is 12.3. The summed E-state index contributed by atoms with van der Waals surface area (Å²) >= 11 is 3.22. The van der Waals surface area contributed by atoms with E-state index >= 15 is 0 Å². The van der Waals surface area contributed by atoms with Crippen molar-refractivity contribution in [3.05, 3.63) is 40.9 Å². The fourth-order valence-electron chi connectivity index (χ4n) is 1.20. The average molecular weight is 317 g/mol. The molecule has 0 aliphatic heterocycles. The first-order valence-corrected chi connectivity index (χ1v) is 6.95. The van der Waals surface area contributed by atoms with Crippen LogP contribution in [0.2, 0.25) is 0 Å². The Morgan fingerprint density at radius 3 is 2.88 bits per heavy atom.